The molecule has 0 atom stereocenters. The first kappa shape index (κ1) is 26.8. The average Bonchev–Trinajstić information content (AvgIpc) is 2.65. The van der Waals surface area contributed by atoms with Crippen molar-refractivity contribution in [3.63, 3.8) is 0 Å². The van der Waals surface area contributed by atoms with Crippen molar-refractivity contribution in [1.82, 2.24) is 14.9 Å². The smallest absolute Gasteiger partial charge is 0.508 e. The van der Waals surface area contributed by atoms with Crippen molar-refractivity contribution < 1.29 is 26.7 Å². The first-order valence-electron chi connectivity index (χ1n) is 9.50. The molecule has 0 amide bonds. The largest absolute Gasteiger partial charge is 0.511 e. The number of hydrogen-bond donors (Lipinski definition) is 3. The standard InChI is InChI=1S/C18H27F3N4O3S.HI/c1-2-22-17(23-9-6-14-4-3-5-16(26)12-14)24-13-15-7-10-25(11-8-15)29(27,28)18(19,20)21;/h3-5,12,15,26H,2,6-11,13H2,1H3,(H2,22,23,24);1H. The summed E-state index contributed by atoms with van der Waals surface area (Å²) in [6.07, 6.45) is 1.36. The van der Waals surface area contributed by atoms with Gasteiger partial charge in [0.2, 0.25) is 0 Å². The van der Waals surface area contributed by atoms with Crippen LogP contribution in [0.4, 0.5) is 13.2 Å². The zero-order chi connectivity index (χ0) is 21.5. The molecule has 0 saturated carbocycles. The molecule has 30 heavy (non-hydrogen) atoms. The first-order valence-corrected chi connectivity index (χ1v) is 10.9. The lowest BCUT2D eigenvalue weighted by atomic mass is 9.98. The van der Waals surface area contributed by atoms with Gasteiger partial charge in [-0.25, -0.2) is 8.42 Å². The molecule has 0 aromatic heterocycles. The third-order valence-electron chi connectivity index (χ3n) is 4.67. The summed E-state index contributed by atoms with van der Waals surface area (Å²) in [6.45, 7) is 3.28. The van der Waals surface area contributed by atoms with Gasteiger partial charge in [0.05, 0.1) is 0 Å². The summed E-state index contributed by atoms with van der Waals surface area (Å²) in [5.41, 5.74) is -4.28. The minimum atomic E-state index is -5.25. The van der Waals surface area contributed by atoms with E-state index < -0.39 is 15.5 Å². The second-order valence-electron chi connectivity index (χ2n) is 6.86. The molecule has 3 N–H and O–H groups in total. The van der Waals surface area contributed by atoms with Crippen LogP contribution in [0.3, 0.4) is 0 Å². The molecule has 172 valence electrons. The maximum Gasteiger partial charge on any atom is 0.511 e. The summed E-state index contributed by atoms with van der Waals surface area (Å²) < 4.78 is 61.3. The Labute approximate surface area is 192 Å². The van der Waals surface area contributed by atoms with E-state index >= 15 is 0 Å². The normalized spacial score (nSPS) is 16.7. The van der Waals surface area contributed by atoms with Crippen molar-refractivity contribution in [1.29, 1.82) is 0 Å². The lowest BCUT2D eigenvalue weighted by Crippen LogP contribution is -2.45. The predicted molar refractivity (Wildman–Crippen MR) is 120 cm³/mol. The predicted octanol–water partition coefficient (Wildman–Crippen LogP) is 2.67. The molecule has 1 aromatic rings. The van der Waals surface area contributed by atoms with Crippen LogP contribution in [0, 0.1) is 5.92 Å². The van der Waals surface area contributed by atoms with Crippen LogP contribution in [0.1, 0.15) is 25.3 Å². The second-order valence-corrected chi connectivity index (χ2v) is 8.79. The molecule has 7 nitrogen and oxygen atoms in total. The quantitative estimate of drug-likeness (QED) is 0.269. The highest BCUT2D eigenvalue weighted by atomic mass is 127. The summed E-state index contributed by atoms with van der Waals surface area (Å²) in [5, 5.41) is 15.8. The Bertz CT molecular complexity index is 798. The molecule has 0 aliphatic carbocycles. The van der Waals surface area contributed by atoms with Gasteiger partial charge in [0.15, 0.2) is 5.96 Å². The van der Waals surface area contributed by atoms with Gasteiger partial charge < -0.3 is 15.7 Å². The number of guanidine groups is 1. The average molecular weight is 564 g/mol. The van der Waals surface area contributed by atoms with Gasteiger partial charge in [-0.2, -0.15) is 17.5 Å². The zero-order valence-corrected chi connectivity index (χ0v) is 19.8. The molecule has 1 aliphatic heterocycles. The van der Waals surface area contributed by atoms with Gasteiger partial charge >= 0.3 is 15.5 Å². The Balaban J connectivity index is 0.00000450. The van der Waals surface area contributed by atoms with Gasteiger partial charge in [0.25, 0.3) is 0 Å². The maximum absolute atomic E-state index is 12.6. The molecular formula is C18H28F3IN4O3S. The van der Waals surface area contributed by atoms with E-state index in [9.17, 15) is 26.7 Å². The summed E-state index contributed by atoms with van der Waals surface area (Å²) >= 11 is 0. The minimum Gasteiger partial charge on any atom is -0.508 e. The Morgan fingerprint density at radius 2 is 1.93 bits per heavy atom. The fourth-order valence-corrected chi connectivity index (χ4v) is 4.06. The van der Waals surface area contributed by atoms with Gasteiger partial charge in [-0.1, -0.05) is 12.1 Å². The van der Waals surface area contributed by atoms with E-state index in [2.05, 4.69) is 15.6 Å². The summed E-state index contributed by atoms with van der Waals surface area (Å²) in [4.78, 5) is 4.48. The second kappa shape index (κ2) is 11.9. The number of hydrogen-bond acceptors (Lipinski definition) is 4. The molecule has 0 spiro atoms. The maximum atomic E-state index is 12.6. The number of rotatable bonds is 7. The number of aliphatic imine (C=N–C) groups is 1. The highest BCUT2D eigenvalue weighted by Gasteiger charge is 2.50. The number of nitrogens with one attached hydrogen (secondary N) is 2. The van der Waals surface area contributed by atoms with Crippen LogP contribution >= 0.6 is 24.0 Å². The van der Waals surface area contributed by atoms with Gasteiger partial charge in [-0.15, -0.1) is 24.0 Å². The lowest BCUT2D eigenvalue weighted by molar-refractivity contribution is -0.0496. The fourth-order valence-electron chi connectivity index (χ4n) is 3.08. The van der Waals surface area contributed by atoms with E-state index in [0.29, 0.717) is 49.2 Å². The fraction of sp³-hybridized carbons (Fsp3) is 0.611. The lowest BCUT2D eigenvalue weighted by Gasteiger charge is -2.30. The number of piperidine rings is 1. The number of alkyl halides is 3. The third kappa shape index (κ3) is 7.76. The molecule has 1 aromatic carbocycles. The Kier molecular flexibility index (Phi) is 10.6. The number of halogens is 4. The van der Waals surface area contributed by atoms with Crippen molar-refractivity contribution in [3.8, 4) is 5.75 Å². The Morgan fingerprint density at radius 3 is 2.50 bits per heavy atom. The Morgan fingerprint density at radius 1 is 1.27 bits per heavy atom. The summed E-state index contributed by atoms with van der Waals surface area (Å²) in [5.74, 6) is 0.830. The molecule has 1 fully saturated rings. The topological polar surface area (TPSA) is 94.0 Å². The van der Waals surface area contributed by atoms with Crippen molar-refractivity contribution in [2.75, 3.05) is 32.7 Å². The molecule has 2 rings (SSSR count). The monoisotopic (exact) mass is 564 g/mol. The van der Waals surface area contributed by atoms with Crippen LogP contribution in [-0.2, 0) is 16.4 Å². The van der Waals surface area contributed by atoms with Crippen molar-refractivity contribution in [3.05, 3.63) is 29.8 Å². The van der Waals surface area contributed by atoms with E-state index in [1.165, 1.54) is 0 Å². The van der Waals surface area contributed by atoms with E-state index in [1.807, 2.05) is 13.0 Å². The first-order chi connectivity index (χ1) is 13.6. The summed E-state index contributed by atoms with van der Waals surface area (Å²) in [7, 11) is -5.25. The molecule has 1 aliphatic rings. The molecule has 1 heterocycles. The summed E-state index contributed by atoms with van der Waals surface area (Å²) in [6, 6.07) is 6.98. The van der Waals surface area contributed by atoms with Crippen LogP contribution in [-0.4, -0.2) is 62.0 Å². The van der Waals surface area contributed by atoms with Crippen LogP contribution in [0.2, 0.25) is 0 Å². The number of aromatic hydroxyl groups is 1. The van der Waals surface area contributed by atoms with Crippen LogP contribution in [0.5, 0.6) is 5.75 Å². The van der Waals surface area contributed by atoms with E-state index in [4.69, 9.17) is 0 Å². The minimum absolute atomic E-state index is 0. The van der Waals surface area contributed by atoms with Crippen LogP contribution in [0.15, 0.2) is 29.3 Å². The molecule has 1 saturated heterocycles. The van der Waals surface area contributed by atoms with Crippen LogP contribution < -0.4 is 10.6 Å². The van der Waals surface area contributed by atoms with Crippen LogP contribution in [0.25, 0.3) is 0 Å². The van der Waals surface area contributed by atoms with E-state index in [-0.39, 0.29) is 48.7 Å². The highest BCUT2D eigenvalue weighted by Crippen LogP contribution is 2.30. The molecule has 0 unspecified atom stereocenters. The number of nitrogens with zero attached hydrogens (tertiary/aromatic N) is 2. The van der Waals surface area contributed by atoms with Crippen molar-refractivity contribution in [2.24, 2.45) is 10.9 Å². The Hall–Kier alpha value is -1.28. The van der Waals surface area contributed by atoms with Crippen molar-refractivity contribution in [2.45, 2.75) is 31.7 Å². The number of sulfonamides is 1. The van der Waals surface area contributed by atoms with Gasteiger partial charge in [0, 0.05) is 32.7 Å². The number of phenolic OH excluding ortho intramolecular Hbond substituents is 1. The van der Waals surface area contributed by atoms with E-state index in [1.54, 1.807) is 18.2 Å². The van der Waals surface area contributed by atoms with Gasteiger partial charge in [-0.05, 0) is 49.8 Å². The molecule has 0 radical (unpaired) electrons. The molecule has 12 heteroatoms. The third-order valence-corrected chi connectivity index (χ3v) is 6.30. The number of phenols is 1. The zero-order valence-electron chi connectivity index (χ0n) is 16.7. The van der Waals surface area contributed by atoms with Gasteiger partial charge in [0.1, 0.15) is 5.75 Å². The van der Waals surface area contributed by atoms with Crippen molar-refractivity contribution >= 4 is 40.0 Å². The SMILES string of the molecule is CCNC(=NCC1CCN(S(=O)(=O)C(F)(F)F)CC1)NCCc1cccc(O)c1.I. The molecule has 0 bridgehead atoms. The number of benzene rings is 1. The van der Waals surface area contributed by atoms with E-state index in [0.717, 1.165) is 5.56 Å². The van der Waals surface area contributed by atoms with Gasteiger partial charge in [-0.3, -0.25) is 4.99 Å². The highest BCUT2D eigenvalue weighted by molar-refractivity contribution is 14.0. The molecular weight excluding hydrogens is 536 g/mol.